The van der Waals surface area contributed by atoms with Crippen LogP contribution >= 0.6 is 11.8 Å². The van der Waals surface area contributed by atoms with Gasteiger partial charge in [-0.15, -0.1) is 5.10 Å². The molecular weight excluding hydrogens is 272 g/mol. The normalized spacial score (nSPS) is 16.6. The summed E-state index contributed by atoms with van der Waals surface area (Å²) < 4.78 is 0. The number of amides is 1. The lowest BCUT2D eigenvalue weighted by molar-refractivity contribution is -0.120. The van der Waals surface area contributed by atoms with Crippen LogP contribution in [0.25, 0.3) is 0 Å². The summed E-state index contributed by atoms with van der Waals surface area (Å²) in [6, 6.07) is 0. The first-order valence-corrected chi connectivity index (χ1v) is 8.04. The lowest BCUT2D eigenvalue weighted by Crippen LogP contribution is -2.32. The third kappa shape index (κ3) is 4.67. The highest BCUT2D eigenvalue weighted by atomic mass is 32.2. The van der Waals surface area contributed by atoms with E-state index in [9.17, 15) is 4.79 Å². The van der Waals surface area contributed by atoms with Gasteiger partial charge in [-0.05, 0) is 46.0 Å². The zero-order chi connectivity index (χ0) is 14.4. The van der Waals surface area contributed by atoms with Crippen LogP contribution in [-0.4, -0.2) is 32.9 Å². The molecule has 0 radical (unpaired) electrons. The van der Waals surface area contributed by atoms with Gasteiger partial charge in [0.2, 0.25) is 11.1 Å². The van der Waals surface area contributed by atoms with Crippen LogP contribution in [0.4, 0.5) is 0 Å². The molecule has 0 bridgehead atoms. The van der Waals surface area contributed by atoms with Crippen molar-refractivity contribution in [3.63, 3.8) is 0 Å². The zero-order valence-corrected chi connectivity index (χ0v) is 12.9. The quantitative estimate of drug-likeness (QED) is 0.625. The van der Waals surface area contributed by atoms with Crippen molar-refractivity contribution >= 4 is 17.7 Å². The summed E-state index contributed by atoms with van der Waals surface area (Å²) in [6.07, 6.45) is 8.28. The molecule has 1 aliphatic carbocycles. The molecule has 1 amide bonds. The molecule has 20 heavy (non-hydrogen) atoms. The summed E-state index contributed by atoms with van der Waals surface area (Å²) >= 11 is 1.38. The van der Waals surface area contributed by atoms with Crippen LogP contribution in [0.5, 0.6) is 0 Å². The number of H-pyrrole nitrogens is 1. The van der Waals surface area contributed by atoms with Crippen molar-refractivity contribution in [2.75, 3.05) is 6.54 Å². The van der Waals surface area contributed by atoms with Gasteiger partial charge < -0.3 is 5.32 Å². The molecule has 1 aromatic heterocycles. The van der Waals surface area contributed by atoms with Crippen LogP contribution in [0.3, 0.4) is 0 Å². The Morgan fingerprint density at radius 1 is 1.55 bits per heavy atom. The summed E-state index contributed by atoms with van der Waals surface area (Å²) in [5.41, 5.74) is 1.49. The van der Waals surface area contributed by atoms with E-state index >= 15 is 0 Å². The topological polar surface area (TPSA) is 70.7 Å². The molecule has 1 heterocycles. The van der Waals surface area contributed by atoms with Crippen molar-refractivity contribution in [1.29, 1.82) is 0 Å². The summed E-state index contributed by atoms with van der Waals surface area (Å²) in [5, 5.41) is 10.2. The highest BCUT2D eigenvalue weighted by Gasteiger charge is 2.16. The molecule has 1 unspecified atom stereocenters. The van der Waals surface area contributed by atoms with Gasteiger partial charge in [0.1, 0.15) is 5.82 Å². The van der Waals surface area contributed by atoms with Crippen molar-refractivity contribution in [2.24, 2.45) is 0 Å². The van der Waals surface area contributed by atoms with Gasteiger partial charge in [0.15, 0.2) is 0 Å². The van der Waals surface area contributed by atoms with Crippen molar-refractivity contribution in [3.05, 3.63) is 17.5 Å². The molecule has 2 rings (SSSR count). The van der Waals surface area contributed by atoms with E-state index in [-0.39, 0.29) is 11.2 Å². The van der Waals surface area contributed by atoms with Crippen LogP contribution in [0.1, 0.15) is 44.9 Å². The monoisotopic (exact) mass is 294 g/mol. The molecule has 0 aromatic carbocycles. The molecule has 0 aliphatic heterocycles. The van der Waals surface area contributed by atoms with E-state index in [4.69, 9.17) is 0 Å². The maximum Gasteiger partial charge on any atom is 0.233 e. The van der Waals surface area contributed by atoms with Gasteiger partial charge in [-0.3, -0.25) is 9.89 Å². The van der Waals surface area contributed by atoms with Gasteiger partial charge in [0.05, 0.1) is 5.25 Å². The lowest BCUT2D eigenvalue weighted by atomic mass is 9.97. The smallest absolute Gasteiger partial charge is 0.233 e. The van der Waals surface area contributed by atoms with E-state index in [1.54, 1.807) is 0 Å². The Morgan fingerprint density at radius 2 is 2.40 bits per heavy atom. The molecule has 0 fully saturated rings. The standard InChI is InChI=1S/C14H22N4OS/c1-10(20-14-16-11(2)17-18-14)13(19)15-9-8-12-6-4-3-5-7-12/h6,10H,3-5,7-9H2,1-2H3,(H,15,19)(H,16,17,18). The summed E-state index contributed by atoms with van der Waals surface area (Å²) in [5.74, 6) is 0.818. The third-order valence-corrected chi connectivity index (χ3v) is 4.32. The minimum Gasteiger partial charge on any atom is -0.355 e. The van der Waals surface area contributed by atoms with Crippen molar-refractivity contribution < 1.29 is 4.79 Å². The maximum atomic E-state index is 12.0. The van der Waals surface area contributed by atoms with E-state index in [0.717, 1.165) is 18.8 Å². The second-order valence-corrected chi connectivity index (χ2v) is 6.42. The van der Waals surface area contributed by atoms with Crippen molar-refractivity contribution in [2.45, 2.75) is 56.4 Å². The number of aryl methyl sites for hydroxylation is 1. The highest BCUT2D eigenvalue weighted by molar-refractivity contribution is 8.00. The first-order valence-electron chi connectivity index (χ1n) is 7.16. The van der Waals surface area contributed by atoms with Gasteiger partial charge in [-0.2, -0.15) is 0 Å². The highest BCUT2D eigenvalue weighted by Crippen LogP contribution is 2.20. The van der Waals surface area contributed by atoms with E-state index in [2.05, 4.69) is 26.6 Å². The number of thioether (sulfide) groups is 1. The second-order valence-electron chi connectivity index (χ2n) is 5.11. The number of allylic oxidation sites excluding steroid dienone is 1. The summed E-state index contributed by atoms with van der Waals surface area (Å²) in [6.45, 7) is 4.45. The molecular formula is C14H22N4OS. The molecule has 6 heteroatoms. The number of aromatic amines is 1. The largest absolute Gasteiger partial charge is 0.355 e. The SMILES string of the molecule is Cc1nc(SC(C)C(=O)NCCC2=CCCCC2)n[nH]1. The zero-order valence-electron chi connectivity index (χ0n) is 12.1. The fraction of sp³-hybridized carbons (Fsp3) is 0.643. The minimum absolute atomic E-state index is 0.0499. The van der Waals surface area contributed by atoms with Crippen LogP contribution in [-0.2, 0) is 4.79 Å². The van der Waals surface area contributed by atoms with Crippen molar-refractivity contribution in [3.8, 4) is 0 Å². The van der Waals surface area contributed by atoms with Crippen molar-refractivity contribution in [1.82, 2.24) is 20.5 Å². The molecule has 0 saturated heterocycles. The number of hydrogen-bond donors (Lipinski definition) is 2. The van der Waals surface area contributed by atoms with Gasteiger partial charge in [0, 0.05) is 6.54 Å². The minimum atomic E-state index is -0.175. The predicted octanol–water partition coefficient (Wildman–Crippen LogP) is 2.60. The average Bonchev–Trinajstić information content (AvgIpc) is 2.85. The molecule has 2 N–H and O–H groups in total. The Kier molecular flexibility index (Phi) is 5.64. The van der Waals surface area contributed by atoms with Gasteiger partial charge in [-0.25, -0.2) is 4.98 Å². The number of aromatic nitrogens is 3. The number of nitrogens with one attached hydrogen (secondary N) is 2. The molecule has 0 spiro atoms. The predicted molar refractivity (Wildman–Crippen MR) is 80.6 cm³/mol. The number of carbonyl (C=O) groups excluding carboxylic acids is 1. The first-order chi connectivity index (χ1) is 9.65. The third-order valence-electron chi connectivity index (χ3n) is 3.36. The maximum absolute atomic E-state index is 12.0. The second kappa shape index (κ2) is 7.47. The average molecular weight is 294 g/mol. The van der Waals surface area contributed by atoms with Crippen LogP contribution in [0.15, 0.2) is 16.8 Å². The molecule has 1 atom stereocenters. The Labute approximate surface area is 124 Å². The Morgan fingerprint density at radius 3 is 3.05 bits per heavy atom. The van der Waals surface area contributed by atoms with Crippen LogP contribution in [0, 0.1) is 6.92 Å². The summed E-state index contributed by atoms with van der Waals surface area (Å²) in [7, 11) is 0. The Hall–Kier alpha value is -1.30. The fourth-order valence-electron chi connectivity index (χ4n) is 2.21. The van der Waals surface area contributed by atoms with E-state index in [1.165, 1.54) is 43.0 Å². The Balaban J connectivity index is 1.69. The van der Waals surface area contributed by atoms with Gasteiger partial charge in [-0.1, -0.05) is 23.4 Å². The van der Waals surface area contributed by atoms with E-state index in [1.807, 2.05) is 13.8 Å². The number of hydrogen-bond acceptors (Lipinski definition) is 4. The van der Waals surface area contributed by atoms with Crippen LogP contribution < -0.4 is 5.32 Å². The van der Waals surface area contributed by atoms with E-state index < -0.39 is 0 Å². The fourth-order valence-corrected chi connectivity index (χ4v) is 3.00. The molecule has 110 valence electrons. The van der Waals surface area contributed by atoms with Gasteiger partial charge >= 0.3 is 0 Å². The lowest BCUT2D eigenvalue weighted by Gasteiger charge is -2.14. The Bertz CT molecular complexity index is 483. The first kappa shape index (κ1) is 15.1. The number of rotatable bonds is 6. The molecule has 1 aromatic rings. The number of carbonyl (C=O) groups is 1. The molecule has 1 aliphatic rings. The number of nitrogens with zero attached hydrogens (tertiary/aromatic N) is 2. The molecule has 0 saturated carbocycles. The van der Waals surface area contributed by atoms with Gasteiger partial charge in [0.25, 0.3) is 0 Å². The molecule has 5 nitrogen and oxygen atoms in total. The van der Waals surface area contributed by atoms with Crippen LogP contribution in [0.2, 0.25) is 0 Å². The summed E-state index contributed by atoms with van der Waals surface area (Å²) in [4.78, 5) is 16.2. The van der Waals surface area contributed by atoms with E-state index in [0.29, 0.717) is 5.16 Å².